The van der Waals surface area contributed by atoms with Crippen LogP contribution in [0.2, 0.25) is 0 Å². The summed E-state index contributed by atoms with van der Waals surface area (Å²) in [6.45, 7) is 8.65. The molecule has 106 valence electrons. The monoisotopic (exact) mass is 326 g/mol. The largest absolute Gasteiger partial charge is 0.508 e. The van der Waals surface area contributed by atoms with Gasteiger partial charge in [-0.05, 0) is 18.1 Å². The maximum absolute atomic E-state index is 10.3. The van der Waals surface area contributed by atoms with Gasteiger partial charge in [0.25, 0.3) is 0 Å². The van der Waals surface area contributed by atoms with E-state index in [0.717, 1.165) is 42.6 Å². The number of piperazine rings is 1. The minimum atomic E-state index is 0.306. The van der Waals surface area contributed by atoms with Gasteiger partial charge in [-0.15, -0.1) is 0 Å². The van der Waals surface area contributed by atoms with Crippen LogP contribution in [-0.4, -0.2) is 36.2 Å². The second kappa shape index (κ2) is 6.73. The number of phenolic OH excluding ortho intramolecular Hbond substituents is 1. The van der Waals surface area contributed by atoms with E-state index in [4.69, 9.17) is 0 Å². The highest BCUT2D eigenvalue weighted by Gasteiger charge is 2.28. The SMILES string of the molecule is CCC(C)[C@@H](c1ccc(Br)cc1O)N1CCNCC1. The Bertz CT molecular complexity index is 419. The van der Waals surface area contributed by atoms with E-state index < -0.39 is 0 Å². The lowest BCUT2D eigenvalue weighted by molar-refractivity contribution is 0.126. The first-order valence-corrected chi connectivity index (χ1v) is 7.86. The molecule has 19 heavy (non-hydrogen) atoms. The summed E-state index contributed by atoms with van der Waals surface area (Å²) in [5, 5.41) is 13.7. The fourth-order valence-electron chi connectivity index (χ4n) is 2.81. The number of benzene rings is 1. The van der Waals surface area contributed by atoms with Crippen molar-refractivity contribution in [3.05, 3.63) is 28.2 Å². The maximum atomic E-state index is 10.3. The van der Waals surface area contributed by atoms with Crippen LogP contribution in [0.5, 0.6) is 5.75 Å². The third kappa shape index (κ3) is 3.50. The van der Waals surface area contributed by atoms with Crippen LogP contribution in [0.3, 0.4) is 0 Å². The first kappa shape index (κ1) is 14.8. The van der Waals surface area contributed by atoms with Gasteiger partial charge in [0.1, 0.15) is 5.75 Å². The number of rotatable bonds is 4. The van der Waals surface area contributed by atoms with E-state index in [1.807, 2.05) is 6.07 Å². The summed E-state index contributed by atoms with van der Waals surface area (Å²) in [6.07, 6.45) is 1.12. The molecule has 0 aliphatic carbocycles. The highest BCUT2D eigenvalue weighted by atomic mass is 79.9. The van der Waals surface area contributed by atoms with Crippen molar-refractivity contribution in [2.24, 2.45) is 5.92 Å². The molecule has 1 aromatic carbocycles. The zero-order chi connectivity index (χ0) is 13.8. The molecule has 1 unspecified atom stereocenters. The Morgan fingerprint density at radius 2 is 2.05 bits per heavy atom. The third-order valence-corrected chi connectivity index (χ3v) is 4.53. The third-order valence-electron chi connectivity index (χ3n) is 4.04. The Kier molecular flexibility index (Phi) is 5.25. The molecular formula is C15H23BrN2O. The number of aromatic hydroxyl groups is 1. The Morgan fingerprint density at radius 1 is 1.37 bits per heavy atom. The first-order valence-electron chi connectivity index (χ1n) is 7.06. The standard InChI is InChI=1S/C15H23BrN2O/c1-3-11(2)15(18-8-6-17-7-9-18)13-5-4-12(16)10-14(13)19/h4-5,10-11,15,17,19H,3,6-9H2,1-2H3/t11?,15-/m0/s1. The van der Waals surface area contributed by atoms with Gasteiger partial charge in [-0.2, -0.15) is 0 Å². The van der Waals surface area contributed by atoms with Crippen LogP contribution in [0.1, 0.15) is 31.9 Å². The molecule has 1 heterocycles. The van der Waals surface area contributed by atoms with Gasteiger partial charge in [0.05, 0.1) is 0 Å². The molecule has 2 N–H and O–H groups in total. The van der Waals surface area contributed by atoms with Gasteiger partial charge < -0.3 is 10.4 Å². The van der Waals surface area contributed by atoms with E-state index in [-0.39, 0.29) is 0 Å². The summed E-state index contributed by atoms with van der Waals surface area (Å²) in [7, 11) is 0. The summed E-state index contributed by atoms with van der Waals surface area (Å²) in [4.78, 5) is 2.49. The Labute approximate surface area is 124 Å². The first-order chi connectivity index (χ1) is 9.13. The number of phenols is 1. The van der Waals surface area contributed by atoms with Crippen LogP contribution >= 0.6 is 15.9 Å². The molecule has 0 radical (unpaired) electrons. The van der Waals surface area contributed by atoms with Crippen LogP contribution in [0.15, 0.2) is 22.7 Å². The molecular weight excluding hydrogens is 304 g/mol. The molecule has 1 aliphatic heterocycles. The van der Waals surface area contributed by atoms with Crippen molar-refractivity contribution in [2.45, 2.75) is 26.3 Å². The van der Waals surface area contributed by atoms with E-state index >= 15 is 0 Å². The second-order valence-electron chi connectivity index (χ2n) is 5.32. The predicted octanol–water partition coefficient (Wildman–Crippen LogP) is 3.15. The van der Waals surface area contributed by atoms with Crippen molar-refractivity contribution >= 4 is 15.9 Å². The van der Waals surface area contributed by atoms with Gasteiger partial charge in [0.15, 0.2) is 0 Å². The topological polar surface area (TPSA) is 35.5 Å². The van der Waals surface area contributed by atoms with Gasteiger partial charge in [0, 0.05) is 42.3 Å². The minimum absolute atomic E-state index is 0.306. The summed E-state index contributed by atoms with van der Waals surface area (Å²) < 4.78 is 0.928. The lowest BCUT2D eigenvalue weighted by Gasteiger charge is -2.38. The van der Waals surface area contributed by atoms with Gasteiger partial charge in [0.2, 0.25) is 0 Å². The van der Waals surface area contributed by atoms with Crippen molar-refractivity contribution in [2.75, 3.05) is 26.2 Å². The van der Waals surface area contributed by atoms with Crippen molar-refractivity contribution in [1.82, 2.24) is 10.2 Å². The quantitative estimate of drug-likeness (QED) is 0.892. The lowest BCUT2D eigenvalue weighted by atomic mass is 9.90. The van der Waals surface area contributed by atoms with Gasteiger partial charge in [-0.25, -0.2) is 0 Å². The smallest absolute Gasteiger partial charge is 0.121 e. The number of hydrogen-bond donors (Lipinski definition) is 2. The Balaban J connectivity index is 2.30. The highest BCUT2D eigenvalue weighted by molar-refractivity contribution is 9.10. The second-order valence-corrected chi connectivity index (χ2v) is 6.24. The molecule has 1 fully saturated rings. The highest BCUT2D eigenvalue weighted by Crippen LogP contribution is 2.37. The van der Waals surface area contributed by atoms with Crippen molar-refractivity contribution < 1.29 is 5.11 Å². The van der Waals surface area contributed by atoms with E-state index in [9.17, 15) is 5.11 Å². The molecule has 0 spiro atoms. The van der Waals surface area contributed by atoms with Crippen LogP contribution in [0.25, 0.3) is 0 Å². The summed E-state index contributed by atoms with van der Waals surface area (Å²) >= 11 is 3.41. The summed E-state index contributed by atoms with van der Waals surface area (Å²) in [5.41, 5.74) is 1.06. The van der Waals surface area contributed by atoms with Gasteiger partial charge in [-0.1, -0.05) is 42.3 Å². The molecule has 1 saturated heterocycles. The summed E-state index contributed by atoms with van der Waals surface area (Å²) in [5.74, 6) is 0.934. The lowest BCUT2D eigenvalue weighted by Crippen LogP contribution is -2.46. The van der Waals surface area contributed by atoms with E-state index in [0.29, 0.717) is 17.7 Å². The molecule has 1 aromatic rings. The van der Waals surface area contributed by atoms with Crippen LogP contribution < -0.4 is 5.32 Å². The minimum Gasteiger partial charge on any atom is -0.508 e. The van der Waals surface area contributed by atoms with E-state index in [2.05, 4.69) is 46.1 Å². The van der Waals surface area contributed by atoms with Crippen LogP contribution in [-0.2, 0) is 0 Å². The normalized spacial score (nSPS) is 20.2. The molecule has 4 heteroatoms. The van der Waals surface area contributed by atoms with E-state index in [1.54, 1.807) is 6.07 Å². The molecule has 2 rings (SSSR count). The summed E-state index contributed by atoms with van der Waals surface area (Å²) in [6, 6.07) is 6.18. The maximum Gasteiger partial charge on any atom is 0.121 e. The average Bonchev–Trinajstić information content (AvgIpc) is 2.42. The predicted molar refractivity (Wildman–Crippen MR) is 82.4 cm³/mol. The molecule has 1 aliphatic rings. The number of hydrogen-bond acceptors (Lipinski definition) is 3. The zero-order valence-corrected chi connectivity index (χ0v) is 13.3. The average molecular weight is 327 g/mol. The zero-order valence-electron chi connectivity index (χ0n) is 11.7. The van der Waals surface area contributed by atoms with Gasteiger partial charge in [-0.3, -0.25) is 4.90 Å². The molecule has 2 atom stereocenters. The van der Waals surface area contributed by atoms with Crippen LogP contribution in [0.4, 0.5) is 0 Å². The van der Waals surface area contributed by atoms with Crippen molar-refractivity contribution in [3.63, 3.8) is 0 Å². The number of nitrogens with zero attached hydrogens (tertiary/aromatic N) is 1. The number of nitrogens with one attached hydrogen (secondary N) is 1. The Hall–Kier alpha value is -0.580. The Morgan fingerprint density at radius 3 is 2.63 bits per heavy atom. The molecule has 3 nitrogen and oxygen atoms in total. The van der Waals surface area contributed by atoms with Crippen LogP contribution in [0, 0.1) is 5.92 Å². The van der Waals surface area contributed by atoms with Crippen molar-refractivity contribution in [1.29, 1.82) is 0 Å². The van der Waals surface area contributed by atoms with Crippen molar-refractivity contribution in [3.8, 4) is 5.75 Å². The molecule has 0 saturated carbocycles. The van der Waals surface area contributed by atoms with Gasteiger partial charge >= 0.3 is 0 Å². The molecule has 0 aromatic heterocycles. The molecule has 0 bridgehead atoms. The fraction of sp³-hybridized carbons (Fsp3) is 0.600. The molecule has 0 amide bonds. The fourth-order valence-corrected chi connectivity index (χ4v) is 3.16. The number of halogens is 1. The van der Waals surface area contributed by atoms with E-state index in [1.165, 1.54) is 0 Å².